The van der Waals surface area contributed by atoms with Gasteiger partial charge in [0, 0.05) is 11.1 Å². The van der Waals surface area contributed by atoms with Gasteiger partial charge < -0.3 is 5.11 Å². The Kier molecular flexibility index (Phi) is 6.09. The largest absolute Gasteiger partial charge is 0.493 e. The van der Waals surface area contributed by atoms with Crippen LogP contribution in [0.25, 0.3) is 5.69 Å². The Hall–Kier alpha value is -2.93. The van der Waals surface area contributed by atoms with Crippen molar-refractivity contribution in [1.82, 2.24) is 14.1 Å². The van der Waals surface area contributed by atoms with Crippen molar-refractivity contribution in [3.8, 4) is 11.6 Å². The fraction of sp³-hybridized carbons (Fsp3) is 0.222. The molecule has 0 fully saturated rings. The van der Waals surface area contributed by atoms with Crippen LogP contribution in [0.5, 0.6) is 5.88 Å². The van der Waals surface area contributed by atoms with Crippen LogP contribution in [0, 0.1) is 6.92 Å². The second kappa shape index (κ2) is 8.30. The first kappa shape index (κ1) is 22.7. The summed E-state index contributed by atoms with van der Waals surface area (Å²) < 4.78 is 65.2. The molecule has 2 aromatic heterocycles. The molecule has 0 aliphatic rings. The topological polar surface area (TPSA) is 106 Å². The molecule has 0 amide bonds. The molecule has 166 valence electrons. The number of thioether (sulfide) groups is 1. The summed E-state index contributed by atoms with van der Waals surface area (Å²) in [5.74, 6) is -0.382. The summed E-state index contributed by atoms with van der Waals surface area (Å²) in [5, 5.41) is 10.5. The van der Waals surface area contributed by atoms with Crippen molar-refractivity contribution in [2.75, 3.05) is 11.0 Å². The summed E-state index contributed by atoms with van der Waals surface area (Å²) in [4.78, 5) is 16.8. The molecule has 0 spiro atoms. The summed E-state index contributed by atoms with van der Waals surface area (Å²) >= 11 is -0.288. The van der Waals surface area contributed by atoms with E-state index in [9.17, 15) is 31.5 Å². The first-order chi connectivity index (χ1) is 14.4. The number of halogens is 3. The summed E-state index contributed by atoms with van der Waals surface area (Å²) in [6.45, 7) is 1.42. The number of aromatic nitrogens is 3. The highest BCUT2D eigenvalue weighted by Crippen LogP contribution is 2.37. The van der Waals surface area contributed by atoms with Crippen molar-refractivity contribution in [1.29, 1.82) is 0 Å². The summed E-state index contributed by atoms with van der Waals surface area (Å²) in [7, 11) is -3.59. The number of hydrogen-bond acceptors (Lipinski definition) is 6. The van der Waals surface area contributed by atoms with Gasteiger partial charge in [0.2, 0.25) is 15.9 Å². The highest BCUT2D eigenvalue weighted by molar-refractivity contribution is 8.00. The van der Waals surface area contributed by atoms with Crippen molar-refractivity contribution in [3.05, 3.63) is 64.5 Å². The van der Waals surface area contributed by atoms with Gasteiger partial charge in [0.1, 0.15) is 0 Å². The molecule has 8 nitrogen and oxygen atoms in total. The summed E-state index contributed by atoms with van der Waals surface area (Å²) in [6.07, 6.45) is 3.70. The number of imidazole rings is 1. The molecule has 13 heteroatoms. The molecule has 0 saturated heterocycles. The van der Waals surface area contributed by atoms with Crippen LogP contribution in [0.2, 0.25) is 0 Å². The van der Waals surface area contributed by atoms with Crippen molar-refractivity contribution in [2.45, 2.75) is 23.9 Å². The van der Waals surface area contributed by atoms with Gasteiger partial charge in [0.25, 0.3) is 0 Å². The zero-order chi connectivity index (χ0) is 23.0. The number of hydrogen-bond donors (Lipinski definition) is 2. The fourth-order valence-electron chi connectivity index (χ4n) is 2.88. The smallest absolute Gasteiger partial charge is 0.446 e. The van der Waals surface area contributed by atoms with E-state index in [2.05, 4.69) is 9.71 Å². The second-order valence-electron chi connectivity index (χ2n) is 6.56. The van der Waals surface area contributed by atoms with E-state index in [1.165, 1.54) is 54.2 Å². The molecule has 2 N–H and O–H groups in total. The first-order valence-electron chi connectivity index (χ1n) is 8.63. The monoisotopic (exact) mass is 474 g/mol. The Morgan fingerprint density at radius 2 is 1.84 bits per heavy atom. The van der Waals surface area contributed by atoms with E-state index in [4.69, 9.17) is 0 Å². The van der Waals surface area contributed by atoms with Crippen LogP contribution in [-0.4, -0.2) is 39.4 Å². The maximum atomic E-state index is 13.0. The molecular weight excluding hydrogens is 457 g/mol. The molecule has 0 unspecified atom stereocenters. The van der Waals surface area contributed by atoms with Gasteiger partial charge in [0.15, 0.2) is 0 Å². The van der Waals surface area contributed by atoms with Crippen LogP contribution in [0.3, 0.4) is 0 Å². The number of aromatic hydroxyl groups is 1. The number of benzene rings is 1. The van der Waals surface area contributed by atoms with Crippen LogP contribution in [0.15, 0.2) is 52.4 Å². The molecule has 0 atom stereocenters. The van der Waals surface area contributed by atoms with Crippen LogP contribution in [0.4, 0.5) is 18.9 Å². The van der Waals surface area contributed by atoms with E-state index in [0.717, 1.165) is 10.8 Å². The Balaban J connectivity index is 1.98. The third kappa shape index (κ3) is 5.41. The normalized spacial score (nSPS) is 12.2. The van der Waals surface area contributed by atoms with Crippen molar-refractivity contribution in [3.63, 3.8) is 0 Å². The van der Waals surface area contributed by atoms with Gasteiger partial charge in [-0.3, -0.25) is 14.3 Å². The molecule has 3 rings (SSSR count). The number of sulfonamides is 1. The molecule has 3 aromatic rings. The zero-order valence-corrected chi connectivity index (χ0v) is 17.8. The molecule has 0 bridgehead atoms. The lowest BCUT2D eigenvalue weighted by atomic mass is 10.2. The summed E-state index contributed by atoms with van der Waals surface area (Å²) in [5.41, 5.74) is -4.10. The van der Waals surface area contributed by atoms with E-state index >= 15 is 0 Å². The number of rotatable bonds is 6. The number of alkyl halides is 3. The lowest BCUT2D eigenvalue weighted by Crippen LogP contribution is -2.25. The maximum absolute atomic E-state index is 13.0. The zero-order valence-electron chi connectivity index (χ0n) is 16.2. The maximum Gasteiger partial charge on any atom is 0.446 e. The highest BCUT2D eigenvalue weighted by Gasteiger charge is 2.29. The molecule has 0 radical (unpaired) electrons. The molecule has 0 aliphatic carbocycles. The minimum Gasteiger partial charge on any atom is -0.493 e. The van der Waals surface area contributed by atoms with E-state index < -0.39 is 21.2 Å². The van der Waals surface area contributed by atoms with E-state index in [0.29, 0.717) is 5.56 Å². The van der Waals surface area contributed by atoms with Crippen LogP contribution in [0.1, 0.15) is 11.3 Å². The van der Waals surface area contributed by atoms with Crippen molar-refractivity contribution >= 4 is 27.5 Å². The lowest BCUT2D eigenvalue weighted by molar-refractivity contribution is -0.0328. The fourth-order valence-corrected chi connectivity index (χ4v) is 4.00. The van der Waals surface area contributed by atoms with Gasteiger partial charge in [0.05, 0.1) is 36.1 Å². The number of anilines is 1. The molecular formula is C18H17F3N4O4S2. The van der Waals surface area contributed by atoms with Gasteiger partial charge in [-0.2, -0.15) is 13.2 Å². The molecule has 1 aromatic carbocycles. The Morgan fingerprint density at radius 3 is 2.42 bits per heavy atom. The van der Waals surface area contributed by atoms with Gasteiger partial charge >= 0.3 is 11.2 Å². The number of nitrogens with one attached hydrogen (secondary N) is 1. The Morgan fingerprint density at radius 1 is 1.19 bits per heavy atom. The van der Waals surface area contributed by atoms with Crippen LogP contribution >= 0.6 is 11.8 Å². The third-order valence-electron chi connectivity index (χ3n) is 4.23. The molecule has 2 heterocycles. The van der Waals surface area contributed by atoms with Gasteiger partial charge in [-0.25, -0.2) is 17.8 Å². The molecule has 31 heavy (non-hydrogen) atoms. The average molecular weight is 474 g/mol. The molecule has 0 aliphatic heterocycles. The van der Waals surface area contributed by atoms with Gasteiger partial charge in [-0.1, -0.05) is 0 Å². The van der Waals surface area contributed by atoms with E-state index in [1.54, 1.807) is 0 Å². The van der Waals surface area contributed by atoms with Crippen LogP contribution < -0.4 is 10.4 Å². The SMILES string of the molecule is Cc1c(O)n(-c2ccc(SC(F)(F)F)cc2)c(=O)n1Cc1ccncc1NS(C)(=O)=O. The number of nitrogens with zero attached hydrogens (tertiary/aromatic N) is 3. The minimum absolute atomic E-state index is 0.0618. The van der Waals surface area contributed by atoms with Crippen molar-refractivity contribution in [2.24, 2.45) is 0 Å². The van der Waals surface area contributed by atoms with Gasteiger partial charge in [-0.15, -0.1) is 0 Å². The number of pyridine rings is 1. The second-order valence-corrected chi connectivity index (χ2v) is 9.45. The summed E-state index contributed by atoms with van der Waals surface area (Å²) in [6, 6.07) is 6.51. The lowest BCUT2D eigenvalue weighted by Gasteiger charge is -2.11. The third-order valence-corrected chi connectivity index (χ3v) is 5.56. The minimum atomic E-state index is -4.44. The van der Waals surface area contributed by atoms with E-state index in [1.807, 2.05) is 0 Å². The Labute approximate surface area is 179 Å². The first-order valence-corrected chi connectivity index (χ1v) is 11.3. The molecule has 0 saturated carbocycles. The van der Waals surface area contributed by atoms with Crippen LogP contribution in [-0.2, 0) is 16.6 Å². The van der Waals surface area contributed by atoms with Crippen molar-refractivity contribution < 1.29 is 26.7 Å². The Bertz CT molecular complexity index is 1270. The quantitative estimate of drug-likeness (QED) is 0.532. The predicted octanol–water partition coefficient (Wildman–Crippen LogP) is 3.08. The highest BCUT2D eigenvalue weighted by atomic mass is 32.2. The standard InChI is InChI=1S/C18H17F3N4O4S2/c1-11-16(26)25(13-3-5-14(6-4-13)30-18(19,20)21)17(27)24(11)10-12-7-8-22-9-15(12)23-31(2,28)29/h3-9,23,26H,10H2,1-2H3. The van der Waals surface area contributed by atoms with Gasteiger partial charge in [-0.05, 0) is 54.6 Å². The van der Waals surface area contributed by atoms with E-state index in [-0.39, 0.29) is 46.2 Å². The average Bonchev–Trinajstić information content (AvgIpc) is 2.85. The predicted molar refractivity (Wildman–Crippen MR) is 110 cm³/mol.